The minimum Gasteiger partial charge on any atom is -0.348 e. The van der Waals surface area contributed by atoms with Crippen LogP contribution in [0.15, 0.2) is 31.8 Å². The number of hydrogen-bond donors (Lipinski definition) is 1. The summed E-state index contributed by atoms with van der Waals surface area (Å²) in [5.74, 6) is -0.160. The second-order valence-electron chi connectivity index (χ2n) is 7.89. The molecule has 4 rings (SSSR count). The molecule has 0 radical (unpaired) electrons. The minimum absolute atomic E-state index is 0.00637. The van der Waals surface area contributed by atoms with Crippen LogP contribution < -0.4 is 5.32 Å². The van der Waals surface area contributed by atoms with E-state index >= 15 is 0 Å². The molecule has 0 bridgehead atoms. The molecule has 0 spiro atoms. The molecule has 2 heterocycles. The monoisotopic (exact) mass is 593 g/mol. The Morgan fingerprint density at radius 1 is 1.09 bits per heavy atom. The Morgan fingerprint density at radius 3 is 2.44 bits per heavy atom. The van der Waals surface area contributed by atoms with E-state index in [9.17, 15) is 22.8 Å². The molecule has 32 heavy (non-hydrogen) atoms. The molecule has 1 aliphatic heterocycles. The van der Waals surface area contributed by atoms with Crippen molar-refractivity contribution in [2.45, 2.75) is 25.2 Å². The maximum absolute atomic E-state index is 13.2. The van der Waals surface area contributed by atoms with Gasteiger partial charge in [-0.3, -0.25) is 19.4 Å². The number of piperazine rings is 1. The van der Waals surface area contributed by atoms with E-state index in [1.165, 1.54) is 23.5 Å². The van der Waals surface area contributed by atoms with Gasteiger partial charge < -0.3 is 5.32 Å². The molecule has 1 aromatic heterocycles. The number of amides is 1. The fourth-order valence-electron chi connectivity index (χ4n) is 4.20. The Bertz CT molecular complexity index is 1040. The minimum atomic E-state index is -4.37. The molecular formula is C21H20Br2F3N3O2S. The van der Waals surface area contributed by atoms with Crippen LogP contribution in [0.25, 0.3) is 0 Å². The first kappa shape index (κ1) is 23.9. The Morgan fingerprint density at radius 2 is 1.75 bits per heavy atom. The second-order valence-corrected chi connectivity index (χ2v) is 11.5. The van der Waals surface area contributed by atoms with Crippen LogP contribution in [0.3, 0.4) is 0 Å². The highest BCUT2D eigenvalue weighted by atomic mass is 79.9. The van der Waals surface area contributed by atoms with E-state index in [-0.39, 0.29) is 42.8 Å². The lowest BCUT2D eigenvalue weighted by atomic mass is 10.1. The number of Topliss-reactive ketones (excluding diaryl/α,β-unsaturated/α-hetero) is 1. The highest BCUT2D eigenvalue weighted by Gasteiger charge is 2.37. The number of ketones is 1. The molecule has 11 heteroatoms. The summed E-state index contributed by atoms with van der Waals surface area (Å²) in [5, 5.41) is 2.96. The maximum atomic E-state index is 13.2. The van der Waals surface area contributed by atoms with Gasteiger partial charge in [0.1, 0.15) is 0 Å². The Kier molecular flexibility index (Phi) is 7.11. The van der Waals surface area contributed by atoms with Gasteiger partial charge in [-0.05, 0) is 43.5 Å². The van der Waals surface area contributed by atoms with E-state index in [4.69, 9.17) is 0 Å². The third-order valence-electron chi connectivity index (χ3n) is 5.76. The Labute approximate surface area is 204 Å². The van der Waals surface area contributed by atoms with Crippen LogP contribution >= 0.6 is 43.2 Å². The summed E-state index contributed by atoms with van der Waals surface area (Å²) in [7, 11) is 0. The predicted octanol–water partition coefficient (Wildman–Crippen LogP) is 4.85. The molecule has 2 aliphatic rings. The van der Waals surface area contributed by atoms with Crippen LogP contribution in [0.2, 0.25) is 0 Å². The quantitative estimate of drug-likeness (QED) is 0.538. The topological polar surface area (TPSA) is 52.7 Å². The lowest BCUT2D eigenvalue weighted by Crippen LogP contribution is -2.49. The number of nitrogens with one attached hydrogen (secondary N) is 1. The zero-order chi connectivity index (χ0) is 23.0. The molecule has 1 saturated heterocycles. The molecular weight excluding hydrogens is 575 g/mol. The van der Waals surface area contributed by atoms with E-state index in [0.29, 0.717) is 31.7 Å². The summed E-state index contributed by atoms with van der Waals surface area (Å²) in [6.45, 7) is 2.75. The van der Waals surface area contributed by atoms with E-state index < -0.39 is 11.7 Å². The van der Waals surface area contributed by atoms with E-state index in [1.807, 2.05) is 9.80 Å². The summed E-state index contributed by atoms with van der Waals surface area (Å²) >= 11 is 8.30. The number of carbonyl (C=O) groups is 2. The van der Waals surface area contributed by atoms with Crippen molar-refractivity contribution in [1.29, 1.82) is 0 Å². The summed E-state index contributed by atoms with van der Waals surface area (Å²) in [5.41, 5.74) is 1.13. The summed E-state index contributed by atoms with van der Waals surface area (Å²) in [4.78, 5) is 28.8. The molecule has 1 N–H and O–H groups in total. The third-order valence-corrected chi connectivity index (χ3v) is 8.34. The molecule has 5 nitrogen and oxygen atoms in total. The van der Waals surface area contributed by atoms with Crippen LogP contribution in [-0.4, -0.2) is 54.2 Å². The van der Waals surface area contributed by atoms with Gasteiger partial charge in [0.05, 0.1) is 25.7 Å². The molecule has 172 valence electrons. The van der Waals surface area contributed by atoms with Gasteiger partial charge in [0.25, 0.3) is 0 Å². The van der Waals surface area contributed by atoms with E-state index in [0.717, 1.165) is 19.2 Å². The first-order chi connectivity index (χ1) is 15.1. The predicted molar refractivity (Wildman–Crippen MR) is 123 cm³/mol. The largest absolute Gasteiger partial charge is 0.416 e. The van der Waals surface area contributed by atoms with Crippen molar-refractivity contribution in [3.8, 4) is 0 Å². The molecule has 0 saturated carbocycles. The van der Waals surface area contributed by atoms with Crippen LogP contribution in [0.1, 0.15) is 39.5 Å². The first-order valence-corrected chi connectivity index (χ1v) is 12.4. The van der Waals surface area contributed by atoms with Gasteiger partial charge in [-0.25, -0.2) is 0 Å². The Hall–Kier alpha value is -1.27. The third kappa shape index (κ3) is 5.11. The molecule has 1 aliphatic carbocycles. The number of halogens is 5. The number of hydrogen-bond acceptors (Lipinski definition) is 5. The van der Waals surface area contributed by atoms with Crippen molar-refractivity contribution >= 4 is 54.9 Å². The van der Waals surface area contributed by atoms with E-state index in [2.05, 4.69) is 37.2 Å². The number of fused-ring (bicyclic) bond motifs is 1. The average Bonchev–Trinajstić information content (AvgIpc) is 3.20. The van der Waals surface area contributed by atoms with Crippen LogP contribution in [0, 0.1) is 0 Å². The van der Waals surface area contributed by atoms with Crippen molar-refractivity contribution in [1.82, 2.24) is 15.1 Å². The molecule has 1 atom stereocenters. The molecule has 2 aromatic rings. The second kappa shape index (κ2) is 9.54. The number of carbonyl (C=O) groups excluding carboxylic acids is 2. The summed E-state index contributed by atoms with van der Waals surface area (Å²) in [6.07, 6.45) is -4.13. The number of nitrogens with zero attached hydrogens (tertiary/aromatic N) is 2. The smallest absolute Gasteiger partial charge is 0.348 e. The highest BCUT2D eigenvalue weighted by molar-refractivity contribution is 9.12. The lowest BCUT2D eigenvalue weighted by molar-refractivity contribution is -0.138. The van der Waals surface area contributed by atoms with Crippen molar-refractivity contribution in [3.63, 3.8) is 0 Å². The van der Waals surface area contributed by atoms with Gasteiger partial charge in [0.15, 0.2) is 5.78 Å². The van der Waals surface area contributed by atoms with Gasteiger partial charge in [-0.2, -0.15) is 13.2 Å². The number of thiophene rings is 1. The summed E-state index contributed by atoms with van der Waals surface area (Å²) < 4.78 is 41.3. The number of rotatable bonds is 5. The fourth-order valence-corrected chi connectivity index (χ4v) is 7.57. The van der Waals surface area contributed by atoms with Gasteiger partial charge in [-0.15, -0.1) is 11.3 Å². The standard InChI is InChI=1S/C21H20Br2F3N3O2S/c22-19-17-14(9-15(30)18(17)20(23)32-19)27-16(31)11-29-7-5-28(6-8-29)10-12-3-1-2-4-13(12)21(24,25)26/h1-4,14H,5-11H2,(H,27,31). The van der Waals surface area contributed by atoms with Crippen molar-refractivity contribution in [3.05, 3.63) is 54.1 Å². The number of alkyl halides is 3. The molecule has 1 fully saturated rings. The van der Waals surface area contributed by atoms with Gasteiger partial charge >= 0.3 is 6.18 Å². The zero-order valence-corrected chi connectivity index (χ0v) is 20.8. The Balaban J connectivity index is 1.29. The highest BCUT2D eigenvalue weighted by Crippen LogP contribution is 2.46. The van der Waals surface area contributed by atoms with Crippen molar-refractivity contribution in [2.24, 2.45) is 0 Å². The summed E-state index contributed by atoms with van der Waals surface area (Å²) in [6, 6.07) is 5.30. The van der Waals surface area contributed by atoms with E-state index in [1.54, 1.807) is 6.07 Å². The zero-order valence-electron chi connectivity index (χ0n) is 16.8. The lowest BCUT2D eigenvalue weighted by Gasteiger charge is -2.34. The molecule has 1 unspecified atom stereocenters. The van der Waals surface area contributed by atoms with Crippen molar-refractivity contribution < 1.29 is 22.8 Å². The van der Waals surface area contributed by atoms with Crippen LogP contribution in [0.4, 0.5) is 13.2 Å². The van der Waals surface area contributed by atoms with Crippen LogP contribution in [0.5, 0.6) is 0 Å². The fraction of sp³-hybridized carbons (Fsp3) is 0.429. The first-order valence-electron chi connectivity index (χ1n) is 10.0. The number of benzene rings is 1. The average molecular weight is 595 g/mol. The normalized spacial score (nSPS) is 19.9. The SMILES string of the molecule is O=C(CN1CCN(Cc2ccccc2C(F)(F)F)CC1)NC1CC(=O)c2c(Br)sc(Br)c21. The van der Waals surface area contributed by atoms with Crippen LogP contribution in [-0.2, 0) is 17.5 Å². The van der Waals surface area contributed by atoms with Gasteiger partial charge in [0.2, 0.25) is 5.91 Å². The molecule has 1 aromatic carbocycles. The van der Waals surface area contributed by atoms with Crippen molar-refractivity contribution in [2.75, 3.05) is 32.7 Å². The van der Waals surface area contributed by atoms with Gasteiger partial charge in [-0.1, -0.05) is 18.2 Å². The molecule has 1 amide bonds. The van der Waals surface area contributed by atoms with Gasteiger partial charge in [0, 0.05) is 50.3 Å². The maximum Gasteiger partial charge on any atom is 0.416 e.